The van der Waals surface area contributed by atoms with E-state index < -0.39 is 12.1 Å². The summed E-state index contributed by atoms with van der Waals surface area (Å²) in [6.45, 7) is 0.290. The van der Waals surface area contributed by atoms with Crippen molar-refractivity contribution in [3.8, 4) is 0 Å². The number of anilines is 1. The molecule has 0 saturated heterocycles. The number of hydrogen-bond donors (Lipinski definition) is 3. The number of nitrogens with zero attached hydrogens (tertiary/aromatic N) is 2. The Morgan fingerprint density at radius 3 is 2.78 bits per heavy atom. The second kappa shape index (κ2) is 5.56. The second-order valence-corrected chi connectivity index (χ2v) is 4.34. The number of carboxylic acids is 1. The smallest absolute Gasteiger partial charge is 0.356 e. The van der Waals surface area contributed by atoms with Gasteiger partial charge in [0.25, 0.3) is 0 Å². The van der Waals surface area contributed by atoms with Gasteiger partial charge in [0.2, 0.25) is 0 Å². The lowest BCUT2D eigenvalue weighted by Crippen LogP contribution is -2.13. The van der Waals surface area contributed by atoms with Crippen LogP contribution >= 0.6 is 11.3 Å². The molecule has 2 aromatic rings. The zero-order valence-corrected chi connectivity index (χ0v) is 10.1. The molecule has 3 N–H and O–H groups in total. The molecule has 0 aliphatic rings. The van der Waals surface area contributed by atoms with Crippen LogP contribution < -0.4 is 5.32 Å². The lowest BCUT2D eigenvalue weighted by molar-refractivity contribution is 0.0689. The maximum atomic E-state index is 10.6. The van der Waals surface area contributed by atoms with Crippen LogP contribution in [0.25, 0.3) is 0 Å². The monoisotopic (exact) mass is 265 g/mol. The van der Waals surface area contributed by atoms with E-state index in [2.05, 4.69) is 15.5 Å². The highest BCUT2D eigenvalue weighted by molar-refractivity contribution is 7.07. The molecule has 0 aromatic carbocycles. The molecule has 0 saturated carbocycles. The van der Waals surface area contributed by atoms with Crippen LogP contribution in [-0.2, 0) is 0 Å². The third-order valence-electron chi connectivity index (χ3n) is 2.29. The Bertz CT molecular complexity index is 513. The van der Waals surface area contributed by atoms with Gasteiger partial charge in [-0.25, -0.2) is 4.79 Å². The number of carbonyl (C=O) groups is 1. The van der Waals surface area contributed by atoms with Crippen LogP contribution in [0.2, 0.25) is 0 Å². The number of aliphatic hydroxyl groups excluding tert-OH is 1. The molecule has 2 aromatic heterocycles. The molecule has 18 heavy (non-hydrogen) atoms. The molecular formula is C11H11N3O3S. The first-order chi connectivity index (χ1) is 8.66. The molecule has 7 heteroatoms. The van der Waals surface area contributed by atoms with Crippen LogP contribution in [0.1, 0.15) is 22.2 Å². The Kier molecular flexibility index (Phi) is 3.85. The van der Waals surface area contributed by atoms with E-state index in [4.69, 9.17) is 5.11 Å². The second-order valence-electron chi connectivity index (χ2n) is 3.56. The Morgan fingerprint density at radius 2 is 2.22 bits per heavy atom. The van der Waals surface area contributed by atoms with E-state index in [9.17, 15) is 9.90 Å². The zero-order valence-electron chi connectivity index (χ0n) is 9.28. The molecule has 0 fully saturated rings. The lowest BCUT2D eigenvalue weighted by atomic mass is 10.2. The molecule has 0 spiro atoms. The van der Waals surface area contributed by atoms with Gasteiger partial charge in [0.05, 0.1) is 6.10 Å². The Hall–Kier alpha value is -1.99. The van der Waals surface area contributed by atoms with E-state index in [0.717, 1.165) is 5.56 Å². The number of aliphatic hydroxyl groups is 1. The highest BCUT2D eigenvalue weighted by atomic mass is 32.1. The standard InChI is InChI=1S/C11H11N3O3S/c15-9(7-3-4-18-6-7)5-12-10-2-1-8(11(16)17)13-14-10/h1-4,6,9,15H,5H2,(H,12,14)(H,16,17). The van der Waals surface area contributed by atoms with Gasteiger partial charge in [-0.05, 0) is 34.5 Å². The van der Waals surface area contributed by atoms with E-state index in [-0.39, 0.29) is 12.2 Å². The van der Waals surface area contributed by atoms with Gasteiger partial charge in [0.1, 0.15) is 5.82 Å². The maximum absolute atomic E-state index is 10.6. The highest BCUT2D eigenvalue weighted by Crippen LogP contribution is 2.16. The minimum absolute atomic E-state index is 0.112. The van der Waals surface area contributed by atoms with Crippen molar-refractivity contribution in [1.82, 2.24) is 10.2 Å². The number of carboxylic acid groups (broad SMARTS) is 1. The quantitative estimate of drug-likeness (QED) is 0.756. The van der Waals surface area contributed by atoms with E-state index >= 15 is 0 Å². The third-order valence-corrected chi connectivity index (χ3v) is 2.99. The molecule has 2 heterocycles. The topological polar surface area (TPSA) is 95.3 Å². The van der Waals surface area contributed by atoms with Crippen molar-refractivity contribution >= 4 is 23.1 Å². The summed E-state index contributed by atoms with van der Waals surface area (Å²) in [5.41, 5.74) is 0.724. The maximum Gasteiger partial charge on any atom is 0.356 e. The van der Waals surface area contributed by atoms with Crippen molar-refractivity contribution in [2.75, 3.05) is 11.9 Å². The van der Waals surface area contributed by atoms with E-state index in [1.54, 1.807) is 0 Å². The normalized spacial score (nSPS) is 12.1. The average Bonchev–Trinajstić information content (AvgIpc) is 2.90. The number of aromatic nitrogens is 2. The summed E-state index contributed by atoms with van der Waals surface area (Å²) < 4.78 is 0. The van der Waals surface area contributed by atoms with Crippen LogP contribution in [0.5, 0.6) is 0 Å². The summed E-state index contributed by atoms with van der Waals surface area (Å²) in [6.07, 6.45) is -0.628. The molecule has 0 amide bonds. The number of thiophene rings is 1. The summed E-state index contributed by atoms with van der Waals surface area (Å²) in [6, 6.07) is 4.71. The number of hydrogen-bond acceptors (Lipinski definition) is 6. The molecule has 0 aliphatic carbocycles. The predicted molar refractivity (Wildman–Crippen MR) is 66.8 cm³/mol. The molecule has 6 nitrogen and oxygen atoms in total. The fraction of sp³-hybridized carbons (Fsp3) is 0.182. The summed E-state index contributed by atoms with van der Waals surface area (Å²) in [4.78, 5) is 10.6. The third kappa shape index (κ3) is 3.02. The first-order valence-corrected chi connectivity index (χ1v) is 6.12. The van der Waals surface area contributed by atoms with Gasteiger partial charge in [0.15, 0.2) is 5.69 Å². The van der Waals surface area contributed by atoms with Gasteiger partial charge in [-0.1, -0.05) is 0 Å². The van der Waals surface area contributed by atoms with Crippen molar-refractivity contribution in [3.05, 3.63) is 40.2 Å². The van der Waals surface area contributed by atoms with Crippen molar-refractivity contribution < 1.29 is 15.0 Å². The number of aromatic carboxylic acids is 1. The van der Waals surface area contributed by atoms with Crippen LogP contribution in [0, 0.1) is 0 Å². The Morgan fingerprint density at radius 1 is 1.39 bits per heavy atom. The van der Waals surface area contributed by atoms with Crippen LogP contribution in [0.15, 0.2) is 29.0 Å². The molecule has 0 aliphatic heterocycles. The van der Waals surface area contributed by atoms with Crippen molar-refractivity contribution in [2.45, 2.75) is 6.10 Å². The molecule has 1 unspecified atom stereocenters. The van der Waals surface area contributed by atoms with Crippen LogP contribution in [0.3, 0.4) is 0 Å². The molecular weight excluding hydrogens is 254 g/mol. The minimum atomic E-state index is -1.12. The lowest BCUT2D eigenvalue weighted by Gasteiger charge is -2.10. The largest absolute Gasteiger partial charge is 0.476 e. The Labute approximate surface area is 107 Å². The molecule has 0 radical (unpaired) electrons. The summed E-state index contributed by atoms with van der Waals surface area (Å²) in [5, 5.41) is 32.3. The van der Waals surface area contributed by atoms with Gasteiger partial charge >= 0.3 is 5.97 Å². The van der Waals surface area contributed by atoms with E-state index in [1.807, 2.05) is 16.8 Å². The molecule has 2 rings (SSSR count). The first-order valence-electron chi connectivity index (χ1n) is 5.18. The number of nitrogens with one attached hydrogen (secondary N) is 1. The van der Waals surface area contributed by atoms with Crippen LogP contribution in [0.4, 0.5) is 5.82 Å². The summed E-state index contributed by atoms with van der Waals surface area (Å²) in [7, 11) is 0. The van der Waals surface area contributed by atoms with Gasteiger partial charge in [-0.15, -0.1) is 10.2 Å². The average molecular weight is 265 g/mol. The van der Waals surface area contributed by atoms with Gasteiger partial charge < -0.3 is 15.5 Å². The molecule has 0 bridgehead atoms. The molecule has 94 valence electrons. The van der Waals surface area contributed by atoms with Crippen molar-refractivity contribution in [1.29, 1.82) is 0 Å². The molecule has 1 atom stereocenters. The van der Waals surface area contributed by atoms with E-state index in [0.29, 0.717) is 5.82 Å². The van der Waals surface area contributed by atoms with Crippen molar-refractivity contribution in [2.24, 2.45) is 0 Å². The SMILES string of the molecule is O=C(O)c1ccc(NCC(O)c2ccsc2)nn1. The summed E-state index contributed by atoms with van der Waals surface area (Å²) in [5.74, 6) is -0.693. The zero-order chi connectivity index (χ0) is 13.0. The fourth-order valence-corrected chi connectivity index (χ4v) is 2.03. The Balaban J connectivity index is 1.92. The fourth-order valence-electron chi connectivity index (χ4n) is 1.32. The number of rotatable bonds is 5. The van der Waals surface area contributed by atoms with Gasteiger partial charge in [0, 0.05) is 6.54 Å². The van der Waals surface area contributed by atoms with E-state index in [1.165, 1.54) is 23.5 Å². The summed E-state index contributed by atoms with van der Waals surface area (Å²) >= 11 is 1.51. The van der Waals surface area contributed by atoms with Gasteiger partial charge in [-0.3, -0.25) is 0 Å². The van der Waals surface area contributed by atoms with Gasteiger partial charge in [-0.2, -0.15) is 11.3 Å². The first kappa shape index (κ1) is 12.5. The highest BCUT2D eigenvalue weighted by Gasteiger charge is 2.09. The predicted octanol–water partition coefficient (Wildman–Crippen LogP) is 1.38. The minimum Gasteiger partial charge on any atom is -0.476 e. The van der Waals surface area contributed by atoms with Crippen molar-refractivity contribution in [3.63, 3.8) is 0 Å². The van der Waals surface area contributed by atoms with Crippen LogP contribution in [-0.4, -0.2) is 32.9 Å².